The highest BCUT2D eigenvalue weighted by Crippen LogP contribution is 2.22. The number of nitrogens with zero attached hydrogens (tertiary/aromatic N) is 1. The van der Waals surface area contributed by atoms with Gasteiger partial charge >= 0.3 is 5.97 Å². The van der Waals surface area contributed by atoms with Gasteiger partial charge in [-0.2, -0.15) is 0 Å². The normalized spacial score (nSPS) is 18.9. The summed E-state index contributed by atoms with van der Waals surface area (Å²) < 4.78 is 5.26. The lowest BCUT2D eigenvalue weighted by molar-refractivity contribution is -0.139. The summed E-state index contributed by atoms with van der Waals surface area (Å²) in [4.78, 5) is 24.9. The second-order valence-corrected chi connectivity index (χ2v) is 5.22. The van der Waals surface area contributed by atoms with Gasteiger partial charge < -0.3 is 14.7 Å². The Labute approximate surface area is 122 Å². The maximum absolute atomic E-state index is 12.5. The van der Waals surface area contributed by atoms with E-state index in [1.54, 1.807) is 12.1 Å². The average Bonchev–Trinajstić information content (AvgIpc) is 2.38. The van der Waals surface area contributed by atoms with Crippen LogP contribution in [0.2, 0.25) is 5.02 Å². The Kier molecular flexibility index (Phi) is 4.62. The standard InChI is InChI=1S/C14H16ClNO4/c1-9-2-3-11(12(15)6-9)14(19)16-4-5-20-8-10(16)7-13(17)18/h2-3,6,10H,4-5,7-8H2,1H3,(H,17,18). The molecule has 0 aromatic heterocycles. The molecule has 20 heavy (non-hydrogen) atoms. The number of amides is 1. The second kappa shape index (κ2) is 6.24. The zero-order valence-corrected chi connectivity index (χ0v) is 11.9. The molecule has 0 radical (unpaired) electrons. The molecule has 1 saturated heterocycles. The maximum atomic E-state index is 12.5. The van der Waals surface area contributed by atoms with Crippen LogP contribution >= 0.6 is 11.6 Å². The first kappa shape index (κ1) is 14.8. The van der Waals surface area contributed by atoms with E-state index in [0.717, 1.165) is 5.56 Å². The van der Waals surface area contributed by atoms with E-state index in [1.807, 2.05) is 13.0 Å². The van der Waals surface area contributed by atoms with Crippen LogP contribution in [0.5, 0.6) is 0 Å². The molecule has 6 heteroatoms. The molecule has 1 aromatic rings. The first-order chi connectivity index (χ1) is 9.49. The van der Waals surface area contributed by atoms with Crippen molar-refractivity contribution in [2.45, 2.75) is 19.4 Å². The molecule has 1 heterocycles. The van der Waals surface area contributed by atoms with E-state index in [2.05, 4.69) is 0 Å². The van der Waals surface area contributed by atoms with E-state index in [1.165, 1.54) is 4.90 Å². The molecule has 5 nitrogen and oxygen atoms in total. The van der Waals surface area contributed by atoms with Crippen LogP contribution < -0.4 is 0 Å². The average molecular weight is 298 g/mol. The van der Waals surface area contributed by atoms with E-state index < -0.39 is 12.0 Å². The minimum absolute atomic E-state index is 0.130. The summed E-state index contributed by atoms with van der Waals surface area (Å²) in [5.41, 5.74) is 1.37. The van der Waals surface area contributed by atoms with Crippen LogP contribution in [-0.2, 0) is 9.53 Å². The summed E-state index contributed by atoms with van der Waals surface area (Å²) >= 11 is 6.10. The van der Waals surface area contributed by atoms with Gasteiger partial charge in [-0.1, -0.05) is 17.7 Å². The van der Waals surface area contributed by atoms with Crippen molar-refractivity contribution in [2.75, 3.05) is 19.8 Å². The molecule has 2 rings (SSSR count). The summed E-state index contributed by atoms with van der Waals surface area (Å²) in [6, 6.07) is 4.76. The monoisotopic (exact) mass is 297 g/mol. The van der Waals surface area contributed by atoms with Crippen molar-refractivity contribution in [2.24, 2.45) is 0 Å². The summed E-state index contributed by atoms with van der Waals surface area (Å²) in [5, 5.41) is 9.29. The number of carboxylic acids is 1. The SMILES string of the molecule is Cc1ccc(C(=O)N2CCOCC2CC(=O)O)c(Cl)c1. The highest BCUT2D eigenvalue weighted by molar-refractivity contribution is 6.33. The molecule has 0 spiro atoms. The largest absolute Gasteiger partial charge is 0.481 e. The molecule has 1 fully saturated rings. The zero-order chi connectivity index (χ0) is 14.7. The molecule has 0 bridgehead atoms. The molecular formula is C14H16ClNO4. The predicted molar refractivity (Wildman–Crippen MR) is 74.1 cm³/mol. The topological polar surface area (TPSA) is 66.8 Å². The smallest absolute Gasteiger partial charge is 0.305 e. The van der Waals surface area contributed by atoms with Crippen LogP contribution in [0.25, 0.3) is 0 Å². The number of aryl methyl sites for hydroxylation is 1. The van der Waals surface area contributed by atoms with Gasteiger partial charge in [0, 0.05) is 6.54 Å². The number of hydrogen-bond donors (Lipinski definition) is 1. The molecular weight excluding hydrogens is 282 g/mol. The Morgan fingerprint density at radius 1 is 1.50 bits per heavy atom. The second-order valence-electron chi connectivity index (χ2n) is 4.81. The van der Waals surface area contributed by atoms with E-state index in [9.17, 15) is 9.59 Å². The quantitative estimate of drug-likeness (QED) is 0.926. The lowest BCUT2D eigenvalue weighted by Crippen LogP contribution is -2.49. The predicted octanol–water partition coefficient (Wildman–Crippen LogP) is 1.96. The van der Waals surface area contributed by atoms with Crippen molar-refractivity contribution in [3.63, 3.8) is 0 Å². The fourth-order valence-corrected chi connectivity index (χ4v) is 2.56. The Morgan fingerprint density at radius 3 is 2.90 bits per heavy atom. The molecule has 1 N–H and O–H groups in total. The van der Waals surface area contributed by atoms with E-state index >= 15 is 0 Å². The molecule has 108 valence electrons. The molecule has 1 aromatic carbocycles. The van der Waals surface area contributed by atoms with Gasteiger partial charge in [0.05, 0.1) is 36.3 Å². The van der Waals surface area contributed by atoms with Crippen molar-refractivity contribution >= 4 is 23.5 Å². The van der Waals surface area contributed by atoms with Crippen molar-refractivity contribution in [1.29, 1.82) is 0 Å². The number of benzene rings is 1. The number of morpholine rings is 1. The third kappa shape index (κ3) is 3.29. The van der Waals surface area contributed by atoms with Gasteiger partial charge in [0.2, 0.25) is 0 Å². The van der Waals surface area contributed by atoms with Gasteiger partial charge in [0.15, 0.2) is 0 Å². The van der Waals surface area contributed by atoms with E-state index in [4.69, 9.17) is 21.4 Å². The molecule has 1 atom stereocenters. The van der Waals surface area contributed by atoms with Crippen molar-refractivity contribution in [3.8, 4) is 0 Å². The van der Waals surface area contributed by atoms with E-state index in [-0.39, 0.29) is 18.9 Å². The summed E-state index contributed by atoms with van der Waals surface area (Å²) in [5.74, 6) is -1.20. The number of ether oxygens (including phenoxy) is 1. The lowest BCUT2D eigenvalue weighted by atomic mass is 10.1. The van der Waals surface area contributed by atoms with Crippen LogP contribution in [0, 0.1) is 6.92 Å². The molecule has 1 amide bonds. The highest BCUT2D eigenvalue weighted by Gasteiger charge is 2.30. The van der Waals surface area contributed by atoms with Gasteiger partial charge in [-0.05, 0) is 24.6 Å². The number of rotatable bonds is 3. The Hall–Kier alpha value is -1.59. The Morgan fingerprint density at radius 2 is 2.25 bits per heavy atom. The van der Waals surface area contributed by atoms with Gasteiger partial charge in [-0.25, -0.2) is 0 Å². The van der Waals surface area contributed by atoms with Crippen LogP contribution in [0.15, 0.2) is 18.2 Å². The number of halogens is 1. The van der Waals surface area contributed by atoms with Crippen LogP contribution in [-0.4, -0.2) is 47.7 Å². The molecule has 0 aliphatic carbocycles. The first-order valence-corrected chi connectivity index (χ1v) is 6.73. The number of carbonyl (C=O) groups excluding carboxylic acids is 1. The number of aliphatic carboxylic acids is 1. The van der Waals surface area contributed by atoms with Crippen molar-refractivity contribution in [3.05, 3.63) is 34.3 Å². The first-order valence-electron chi connectivity index (χ1n) is 6.35. The van der Waals surface area contributed by atoms with Gasteiger partial charge in [0.1, 0.15) is 0 Å². The molecule has 1 aliphatic heterocycles. The third-order valence-corrected chi connectivity index (χ3v) is 3.57. The van der Waals surface area contributed by atoms with E-state index in [0.29, 0.717) is 23.7 Å². The number of carboxylic acid groups (broad SMARTS) is 1. The van der Waals surface area contributed by atoms with Crippen LogP contribution in [0.3, 0.4) is 0 Å². The minimum Gasteiger partial charge on any atom is -0.481 e. The lowest BCUT2D eigenvalue weighted by Gasteiger charge is -2.35. The zero-order valence-electron chi connectivity index (χ0n) is 11.1. The Bertz CT molecular complexity index is 532. The third-order valence-electron chi connectivity index (χ3n) is 3.25. The number of carbonyl (C=O) groups is 2. The maximum Gasteiger partial charge on any atom is 0.305 e. The van der Waals surface area contributed by atoms with Crippen molar-refractivity contribution in [1.82, 2.24) is 4.90 Å². The summed E-state index contributed by atoms with van der Waals surface area (Å²) in [6.07, 6.45) is -0.130. The number of hydrogen-bond acceptors (Lipinski definition) is 3. The summed E-state index contributed by atoms with van der Waals surface area (Å²) in [7, 11) is 0. The fourth-order valence-electron chi connectivity index (χ4n) is 2.24. The fraction of sp³-hybridized carbons (Fsp3) is 0.429. The van der Waals surface area contributed by atoms with Crippen LogP contribution in [0.4, 0.5) is 0 Å². The van der Waals surface area contributed by atoms with Gasteiger partial charge in [0.25, 0.3) is 5.91 Å². The Balaban J connectivity index is 2.22. The van der Waals surface area contributed by atoms with Crippen LogP contribution in [0.1, 0.15) is 22.3 Å². The summed E-state index contributed by atoms with van der Waals surface area (Å²) in [6.45, 7) is 2.91. The van der Waals surface area contributed by atoms with Crippen molar-refractivity contribution < 1.29 is 19.4 Å². The molecule has 1 unspecified atom stereocenters. The minimum atomic E-state index is -0.951. The highest BCUT2D eigenvalue weighted by atomic mass is 35.5. The molecule has 0 saturated carbocycles. The molecule has 1 aliphatic rings. The van der Waals surface area contributed by atoms with Gasteiger partial charge in [-0.15, -0.1) is 0 Å². The van der Waals surface area contributed by atoms with Gasteiger partial charge in [-0.3, -0.25) is 9.59 Å².